The number of hydrogen-bond acceptors (Lipinski definition) is 3. The number of nitrogens with one attached hydrogen (secondary N) is 1. The van der Waals surface area contributed by atoms with Crippen LogP contribution in [0.2, 0.25) is 0 Å². The molecule has 11 heteroatoms. The van der Waals surface area contributed by atoms with Gasteiger partial charge in [-0.05, 0) is 43.7 Å². The first-order chi connectivity index (χ1) is 16.0. The monoisotopic (exact) mass is 473 g/mol. The molecule has 4 aromatic rings. The summed E-state index contributed by atoms with van der Waals surface area (Å²) < 4.78 is 57.1. The van der Waals surface area contributed by atoms with E-state index in [0.717, 1.165) is 11.8 Å². The van der Waals surface area contributed by atoms with Gasteiger partial charge in [0.1, 0.15) is 17.2 Å². The number of nitrogens with zero attached hydrogens (tertiary/aromatic N) is 4. The third-order valence-electron chi connectivity index (χ3n) is 6.09. The summed E-state index contributed by atoms with van der Waals surface area (Å²) in [5, 5.41) is 0.0566. The van der Waals surface area contributed by atoms with Gasteiger partial charge in [0, 0.05) is 36.9 Å². The highest BCUT2D eigenvalue weighted by molar-refractivity contribution is 5.94. The minimum atomic E-state index is -4.73. The zero-order valence-corrected chi connectivity index (χ0v) is 18.2. The fraction of sp³-hybridized carbons (Fsp3) is 0.261. The number of imidazole rings is 1. The molecule has 1 aromatic carbocycles. The molecule has 0 aliphatic carbocycles. The molecule has 176 valence electrons. The van der Waals surface area contributed by atoms with Crippen molar-refractivity contribution < 1.29 is 22.4 Å². The zero-order chi connectivity index (χ0) is 24.4. The summed E-state index contributed by atoms with van der Waals surface area (Å²) >= 11 is 0. The summed E-state index contributed by atoms with van der Waals surface area (Å²) in [6.07, 6.45) is -0.159. The number of aromatic nitrogens is 4. The van der Waals surface area contributed by atoms with Gasteiger partial charge in [-0.25, -0.2) is 9.37 Å². The summed E-state index contributed by atoms with van der Waals surface area (Å²) in [4.78, 5) is 34.5. The lowest BCUT2D eigenvalue weighted by atomic mass is 10.1. The zero-order valence-electron chi connectivity index (χ0n) is 18.2. The van der Waals surface area contributed by atoms with Crippen molar-refractivity contribution in [3.8, 4) is 5.69 Å². The fourth-order valence-electron chi connectivity index (χ4n) is 4.41. The molecule has 0 unspecified atom stereocenters. The highest BCUT2D eigenvalue weighted by Gasteiger charge is 2.35. The molecule has 1 aliphatic rings. The van der Waals surface area contributed by atoms with Crippen LogP contribution in [0.1, 0.15) is 34.2 Å². The number of pyridine rings is 1. The SMILES string of the molecule is Cc1cn(-c2ccc3n(c2=O)C[C@@H](C)N(Cc2c[nH]c4c(C(F)(F)F)cc(F)cc24)C3=O)cn1. The van der Waals surface area contributed by atoms with Gasteiger partial charge >= 0.3 is 6.18 Å². The van der Waals surface area contributed by atoms with E-state index in [9.17, 15) is 27.2 Å². The van der Waals surface area contributed by atoms with Crippen LogP contribution in [0.3, 0.4) is 0 Å². The Kier molecular flexibility index (Phi) is 4.88. The predicted octanol–water partition coefficient (Wildman–Crippen LogP) is 4.03. The standard InChI is InChI=1S/C23H19F4N5O2/c1-12-8-30(11-29-12)18-3-4-19-22(34)31(13(2)9-32(19)21(18)33)10-14-7-28-20-16(14)5-15(24)6-17(20)23(25,26)27/h3-8,11,13,28H,9-10H2,1-2H3/t13-/m1/s1. The summed E-state index contributed by atoms with van der Waals surface area (Å²) in [5.41, 5.74) is -0.0825. The Morgan fingerprint density at radius 2 is 1.97 bits per heavy atom. The van der Waals surface area contributed by atoms with Gasteiger partial charge in [-0.3, -0.25) is 9.59 Å². The number of aromatic amines is 1. The van der Waals surface area contributed by atoms with E-state index in [2.05, 4.69) is 9.97 Å². The average Bonchev–Trinajstić information content (AvgIpc) is 3.36. The normalized spacial score (nSPS) is 16.4. The maximum atomic E-state index is 14.0. The van der Waals surface area contributed by atoms with E-state index in [1.807, 2.05) is 0 Å². The van der Waals surface area contributed by atoms with Crippen molar-refractivity contribution in [1.82, 2.24) is 24.0 Å². The van der Waals surface area contributed by atoms with Crippen LogP contribution in [-0.4, -0.2) is 36.0 Å². The van der Waals surface area contributed by atoms with Crippen molar-refractivity contribution in [2.24, 2.45) is 0 Å². The number of amides is 1. The number of carbonyl (C=O) groups is 1. The lowest BCUT2D eigenvalue weighted by Gasteiger charge is -2.35. The van der Waals surface area contributed by atoms with Crippen LogP contribution in [-0.2, 0) is 19.3 Å². The molecule has 1 aliphatic heterocycles. The highest BCUT2D eigenvalue weighted by Crippen LogP contribution is 2.36. The Morgan fingerprint density at radius 3 is 2.65 bits per heavy atom. The van der Waals surface area contributed by atoms with E-state index in [4.69, 9.17) is 0 Å². The summed E-state index contributed by atoms with van der Waals surface area (Å²) in [7, 11) is 0. The second-order valence-electron chi connectivity index (χ2n) is 8.41. The number of halogens is 4. The number of benzene rings is 1. The van der Waals surface area contributed by atoms with Crippen molar-refractivity contribution in [2.45, 2.75) is 39.2 Å². The predicted molar refractivity (Wildman–Crippen MR) is 115 cm³/mol. The average molecular weight is 473 g/mol. The molecule has 5 rings (SSSR count). The molecular formula is C23H19F4N5O2. The lowest BCUT2D eigenvalue weighted by molar-refractivity contribution is -0.136. The van der Waals surface area contributed by atoms with Gasteiger partial charge < -0.3 is 19.0 Å². The van der Waals surface area contributed by atoms with E-state index >= 15 is 0 Å². The maximum absolute atomic E-state index is 14.0. The van der Waals surface area contributed by atoms with Gasteiger partial charge in [0.25, 0.3) is 11.5 Å². The Labute approximate surface area is 190 Å². The molecule has 0 spiro atoms. The van der Waals surface area contributed by atoms with Crippen LogP contribution in [0, 0.1) is 12.7 Å². The topological polar surface area (TPSA) is 75.9 Å². The summed E-state index contributed by atoms with van der Waals surface area (Å²) in [6.45, 7) is 3.70. The molecule has 1 atom stereocenters. The Balaban J connectivity index is 1.52. The summed E-state index contributed by atoms with van der Waals surface area (Å²) in [6, 6.07) is 4.12. The first-order valence-corrected chi connectivity index (χ1v) is 10.5. The van der Waals surface area contributed by atoms with E-state index in [1.165, 1.54) is 28.1 Å². The number of fused-ring (bicyclic) bond motifs is 2. The molecule has 1 amide bonds. The van der Waals surface area contributed by atoms with Crippen LogP contribution >= 0.6 is 0 Å². The Hall–Kier alpha value is -3.89. The number of rotatable bonds is 3. The molecule has 3 aromatic heterocycles. The number of aryl methyl sites for hydroxylation is 1. The molecule has 0 radical (unpaired) electrons. The molecule has 1 N–H and O–H groups in total. The highest BCUT2D eigenvalue weighted by atomic mass is 19.4. The van der Waals surface area contributed by atoms with Gasteiger partial charge in [0.2, 0.25) is 0 Å². The second kappa shape index (κ2) is 7.57. The van der Waals surface area contributed by atoms with Gasteiger partial charge in [0.05, 0.1) is 23.1 Å². The molecule has 34 heavy (non-hydrogen) atoms. The number of alkyl halides is 3. The van der Waals surface area contributed by atoms with Crippen LogP contribution in [0.4, 0.5) is 17.6 Å². The van der Waals surface area contributed by atoms with E-state index < -0.39 is 29.5 Å². The van der Waals surface area contributed by atoms with Crippen molar-refractivity contribution in [3.05, 3.63) is 81.7 Å². The van der Waals surface area contributed by atoms with Crippen LogP contribution in [0.5, 0.6) is 0 Å². The third-order valence-corrected chi connectivity index (χ3v) is 6.09. The van der Waals surface area contributed by atoms with Crippen LogP contribution < -0.4 is 5.56 Å². The van der Waals surface area contributed by atoms with Crippen molar-refractivity contribution in [2.75, 3.05) is 0 Å². The van der Waals surface area contributed by atoms with Crippen molar-refractivity contribution >= 4 is 16.8 Å². The molecule has 4 heterocycles. The minimum Gasteiger partial charge on any atom is -0.360 e. The quantitative estimate of drug-likeness (QED) is 0.457. The molecular weight excluding hydrogens is 454 g/mol. The first kappa shape index (κ1) is 21.9. The Morgan fingerprint density at radius 1 is 1.21 bits per heavy atom. The smallest absolute Gasteiger partial charge is 0.360 e. The molecule has 0 saturated heterocycles. The van der Waals surface area contributed by atoms with Gasteiger partial charge in [-0.1, -0.05) is 0 Å². The van der Waals surface area contributed by atoms with Crippen LogP contribution in [0.25, 0.3) is 16.6 Å². The second-order valence-corrected chi connectivity index (χ2v) is 8.41. The van der Waals surface area contributed by atoms with E-state index in [0.29, 0.717) is 17.3 Å². The largest absolute Gasteiger partial charge is 0.418 e. The molecule has 0 saturated carbocycles. The van der Waals surface area contributed by atoms with Crippen LogP contribution in [0.15, 0.2) is 47.8 Å². The number of carbonyl (C=O) groups excluding carboxylic acids is 1. The number of hydrogen-bond donors (Lipinski definition) is 1. The fourth-order valence-corrected chi connectivity index (χ4v) is 4.41. The number of H-pyrrole nitrogens is 1. The van der Waals surface area contributed by atoms with Gasteiger partial charge in [-0.15, -0.1) is 0 Å². The Bertz CT molecular complexity index is 1500. The van der Waals surface area contributed by atoms with E-state index in [-0.39, 0.29) is 35.2 Å². The van der Waals surface area contributed by atoms with Gasteiger partial charge in [-0.2, -0.15) is 13.2 Å². The first-order valence-electron chi connectivity index (χ1n) is 10.5. The third kappa shape index (κ3) is 3.47. The van der Waals surface area contributed by atoms with Crippen molar-refractivity contribution in [3.63, 3.8) is 0 Å². The molecule has 7 nitrogen and oxygen atoms in total. The summed E-state index contributed by atoms with van der Waals surface area (Å²) in [5.74, 6) is -1.45. The minimum absolute atomic E-state index is 0.0442. The molecule has 0 bridgehead atoms. The van der Waals surface area contributed by atoms with Gasteiger partial charge in [0.15, 0.2) is 0 Å². The maximum Gasteiger partial charge on any atom is 0.418 e. The van der Waals surface area contributed by atoms with Crippen molar-refractivity contribution in [1.29, 1.82) is 0 Å². The van der Waals surface area contributed by atoms with E-state index in [1.54, 1.807) is 30.7 Å². The lowest BCUT2D eigenvalue weighted by Crippen LogP contribution is -2.49. The molecule has 0 fully saturated rings.